The summed E-state index contributed by atoms with van der Waals surface area (Å²) in [6.07, 6.45) is 18.6. The van der Waals surface area contributed by atoms with E-state index >= 15 is 0 Å². The molecule has 2 aliphatic carbocycles. The minimum Gasteiger partial charge on any atom is -0.0804 e. The molecule has 0 bridgehead atoms. The SMILES string of the molecule is CC1C=CC=CC2=C1C=CCC=C2. The van der Waals surface area contributed by atoms with Crippen LogP contribution in [0.3, 0.4) is 0 Å². The van der Waals surface area contributed by atoms with Gasteiger partial charge in [0.25, 0.3) is 0 Å². The van der Waals surface area contributed by atoms with Crippen LogP contribution in [0.4, 0.5) is 0 Å². The Kier molecular flexibility index (Phi) is 2.31. The normalized spacial score (nSPS) is 25.8. The predicted octanol–water partition coefficient (Wildman–Crippen LogP) is 3.56. The Morgan fingerprint density at radius 3 is 2.85 bits per heavy atom. The monoisotopic (exact) mass is 170 g/mol. The molecule has 1 atom stereocenters. The van der Waals surface area contributed by atoms with Crippen LogP contribution in [-0.4, -0.2) is 0 Å². The molecule has 0 radical (unpaired) electrons. The number of hydrogen-bond acceptors (Lipinski definition) is 0. The van der Waals surface area contributed by atoms with Crippen molar-refractivity contribution < 1.29 is 0 Å². The van der Waals surface area contributed by atoms with Gasteiger partial charge in [-0.2, -0.15) is 0 Å². The summed E-state index contributed by atoms with van der Waals surface area (Å²) in [7, 11) is 0. The van der Waals surface area contributed by atoms with Crippen molar-refractivity contribution in [2.75, 3.05) is 0 Å². The smallest absolute Gasteiger partial charge is 0.000150 e. The van der Waals surface area contributed by atoms with E-state index in [1.165, 1.54) is 11.1 Å². The molecule has 0 aromatic rings. The Hall–Kier alpha value is -1.30. The van der Waals surface area contributed by atoms with E-state index in [0.717, 1.165) is 6.42 Å². The maximum Gasteiger partial charge on any atom is -0.000150 e. The first-order valence-corrected chi connectivity index (χ1v) is 4.80. The Morgan fingerprint density at radius 2 is 1.92 bits per heavy atom. The van der Waals surface area contributed by atoms with Crippen molar-refractivity contribution in [3.05, 3.63) is 59.8 Å². The summed E-state index contributed by atoms with van der Waals surface area (Å²) in [4.78, 5) is 0. The molecule has 0 heterocycles. The summed E-state index contributed by atoms with van der Waals surface area (Å²) in [5, 5.41) is 0. The van der Waals surface area contributed by atoms with Crippen LogP contribution >= 0.6 is 0 Å². The minimum atomic E-state index is 0.531. The van der Waals surface area contributed by atoms with Crippen molar-refractivity contribution in [2.45, 2.75) is 13.3 Å². The van der Waals surface area contributed by atoms with Crippen LogP contribution < -0.4 is 0 Å². The minimum absolute atomic E-state index is 0.531. The Bertz CT molecular complexity index is 335. The van der Waals surface area contributed by atoms with Gasteiger partial charge < -0.3 is 0 Å². The zero-order valence-corrected chi connectivity index (χ0v) is 7.90. The number of allylic oxidation sites excluding steroid dienone is 10. The molecular weight excluding hydrogens is 156 g/mol. The molecule has 0 aromatic carbocycles. The van der Waals surface area contributed by atoms with E-state index in [-0.39, 0.29) is 0 Å². The van der Waals surface area contributed by atoms with Gasteiger partial charge in [-0.25, -0.2) is 0 Å². The second kappa shape index (κ2) is 3.61. The highest BCUT2D eigenvalue weighted by Gasteiger charge is 2.08. The third kappa shape index (κ3) is 1.72. The lowest BCUT2D eigenvalue weighted by Gasteiger charge is -2.08. The van der Waals surface area contributed by atoms with E-state index in [2.05, 4.69) is 55.5 Å². The van der Waals surface area contributed by atoms with Crippen LogP contribution in [0.1, 0.15) is 13.3 Å². The maximum absolute atomic E-state index is 2.25. The molecule has 13 heavy (non-hydrogen) atoms. The molecule has 0 aliphatic heterocycles. The second-order valence-corrected chi connectivity index (χ2v) is 3.48. The standard InChI is InChI=1S/C13H14/c1-11-7-5-6-9-12-8-3-2-4-10-13(11)12/h3-11H,2H2,1H3. The fourth-order valence-electron chi connectivity index (χ4n) is 1.72. The van der Waals surface area contributed by atoms with Crippen LogP contribution in [-0.2, 0) is 0 Å². The Balaban J connectivity index is 2.47. The van der Waals surface area contributed by atoms with E-state index < -0.39 is 0 Å². The van der Waals surface area contributed by atoms with Gasteiger partial charge in [0.15, 0.2) is 0 Å². The van der Waals surface area contributed by atoms with Crippen molar-refractivity contribution >= 4 is 0 Å². The molecule has 0 saturated carbocycles. The van der Waals surface area contributed by atoms with E-state index in [0.29, 0.717) is 5.92 Å². The van der Waals surface area contributed by atoms with E-state index in [1.807, 2.05) is 0 Å². The number of rotatable bonds is 0. The molecule has 0 fully saturated rings. The van der Waals surface area contributed by atoms with Crippen LogP contribution in [0.2, 0.25) is 0 Å². The van der Waals surface area contributed by atoms with Crippen molar-refractivity contribution in [3.8, 4) is 0 Å². The van der Waals surface area contributed by atoms with Gasteiger partial charge in [-0.1, -0.05) is 55.5 Å². The quantitative estimate of drug-likeness (QED) is 0.521. The molecule has 0 amide bonds. The zero-order chi connectivity index (χ0) is 9.10. The van der Waals surface area contributed by atoms with Crippen molar-refractivity contribution in [1.29, 1.82) is 0 Å². The predicted molar refractivity (Wildman–Crippen MR) is 57.4 cm³/mol. The van der Waals surface area contributed by atoms with Crippen LogP contribution in [0.5, 0.6) is 0 Å². The number of hydrogen-bond donors (Lipinski definition) is 0. The second-order valence-electron chi connectivity index (χ2n) is 3.48. The van der Waals surface area contributed by atoms with Crippen molar-refractivity contribution in [1.82, 2.24) is 0 Å². The van der Waals surface area contributed by atoms with Gasteiger partial charge in [-0.15, -0.1) is 0 Å². The lowest BCUT2D eigenvalue weighted by molar-refractivity contribution is 0.887. The highest BCUT2D eigenvalue weighted by molar-refractivity contribution is 5.47. The summed E-state index contributed by atoms with van der Waals surface area (Å²) in [6, 6.07) is 0. The summed E-state index contributed by atoms with van der Waals surface area (Å²) in [5.74, 6) is 0.531. The average molecular weight is 170 g/mol. The molecule has 2 aliphatic rings. The summed E-state index contributed by atoms with van der Waals surface area (Å²) >= 11 is 0. The average Bonchev–Trinajstić information content (AvgIpc) is 2.43. The van der Waals surface area contributed by atoms with Crippen LogP contribution in [0.15, 0.2) is 59.8 Å². The summed E-state index contributed by atoms with van der Waals surface area (Å²) < 4.78 is 0. The van der Waals surface area contributed by atoms with Gasteiger partial charge >= 0.3 is 0 Å². The summed E-state index contributed by atoms with van der Waals surface area (Å²) in [6.45, 7) is 2.24. The van der Waals surface area contributed by atoms with Gasteiger partial charge in [0.05, 0.1) is 0 Å². The van der Waals surface area contributed by atoms with Gasteiger partial charge in [0, 0.05) is 0 Å². The molecular formula is C13H14. The first-order valence-electron chi connectivity index (χ1n) is 4.80. The lowest BCUT2D eigenvalue weighted by Crippen LogP contribution is -1.94. The van der Waals surface area contributed by atoms with E-state index in [9.17, 15) is 0 Å². The molecule has 66 valence electrons. The topological polar surface area (TPSA) is 0 Å². The Morgan fingerprint density at radius 1 is 1.08 bits per heavy atom. The first-order chi connectivity index (χ1) is 6.38. The van der Waals surface area contributed by atoms with Crippen LogP contribution in [0.25, 0.3) is 0 Å². The van der Waals surface area contributed by atoms with Gasteiger partial charge in [-0.05, 0) is 23.5 Å². The highest BCUT2D eigenvalue weighted by Crippen LogP contribution is 2.24. The fourth-order valence-corrected chi connectivity index (χ4v) is 1.72. The van der Waals surface area contributed by atoms with Crippen molar-refractivity contribution in [2.24, 2.45) is 5.92 Å². The molecule has 2 rings (SSSR count). The largest absolute Gasteiger partial charge is 0.0804 e. The van der Waals surface area contributed by atoms with Gasteiger partial charge in [0.1, 0.15) is 0 Å². The zero-order valence-electron chi connectivity index (χ0n) is 7.90. The van der Waals surface area contributed by atoms with Crippen LogP contribution in [0, 0.1) is 5.92 Å². The molecule has 1 unspecified atom stereocenters. The van der Waals surface area contributed by atoms with E-state index in [1.54, 1.807) is 0 Å². The lowest BCUT2D eigenvalue weighted by atomic mass is 9.96. The maximum atomic E-state index is 2.25. The third-order valence-corrected chi connectivity index (χ3v) is 2.48. The van der Waals surface area contributed by atoms with Gasteiger partial charge in [-0.3, -0.25) is 0 Å². The molecule has 0 saturated heterocycles. The molecule has 0 spiro atoms. The molecule has 0 heteroatoms. The Labute approximate surface area is 79.7 Å². The summed E-state index contributed by atoms with van der Waals surface area (Å²) in [5.41, 5.74) is 2.78. The van der Waals surface area contributed by atoms with Gasteiger partial charge in [0.2, 0.25) is 0 Å². The molecule has 0 aromatic heterocycles. The molecule has 0 nitrogen and oxygen atoms in total. The highest BCUT2D eigenvalue weighted by atomic mass is 14.1. The van der Waals surface area contributed by atoms with Crippen molar-refractivity contribution in [3.63, 3.8) is 0 Å². The molecule has 0 N–H and O–H groups in total. The van der Waals surface area contributed by atoms with E-state index in [4.69, 9.17) is 0 Å². The third-order valence-electron chi connectivity index (χ3n) is 2.48. The first kappa shape index (κ1) is 8.31. The fraction of sp³-hybridized carbons (Fsp3) is 0.231.